The molecule has 0 radical (unpaired) electrons. The van der Waals surface area contributed by atoms with E-state index in [1.165, 1.54) is 5.57 Å². The first-order valence-corrected chi connectivity index (χ1v) is 7.40. The first-order valence-electron chi connectivity index (χ1n) is 7.40. The van der Waals surface area contributed by atoms with Gasteiger partial charge in [-0.1, -0.05) is 18.2 Å². The number of benzene rings is 1. The average molecular weight is 305 g/mol. The van der Waals surface area contributed by atoms with Crippen LogP contribution in [0.25, 0.3) is 0 Å². The summed E-state index contributed by atoms with van der Waals surface area (Å²) in [6.07, 6.45) is 3.75. The first kappa shape index (κ1) is 16.5. The number of epoxide rings is 1. The normalized spacial score (nSPS) is 24.1. The van der Waals surface area contributed by atoms with Gasteiger partial charge in [-0.15, -0.1) is 0 Å². The van der Waals surface area contributed by atoms with Crippen LogP contribution in [0.3, 0.4) is 0 Å². The highest BCUT2D eigenvalue weighted by atomic mass is 16.6. The number of ketones is 1. The van der Waals surface area contributed by atoms with Crippen LogP contribution >= 0.6 is 0 Å². The number of likely N-dealkylation sites (N-methyl/N-ethyl adjacent to an activating group) is 1. The number of ether oxygens (including phenoxy) is 3. The van der Waals surface area contributed by atoms with Gasteiger partial charge in [0.25, 0.3) is 0 Å². The molecule has 1 N–H and O–H groups in total. The Kier molecular flexibility index (Phi) is 5.98. The summed E-state index contributed by atoms with van der Waals surface area (Å²) in [5.74, 6) is 1.82. The fourth-order valence-electron chi connectivity index (χ4n) is 2.43. The minimum atomic E-state index is -0.0816. The molecule has 5 nitrogen and oxygen atoms in total. The van der Waals surface area contributed by atoms with E-state index in [2.05, 4.69) is 11.4 Å². The molecule has 0 aromatic heterocycles. The van der Waals surface area contributed by atoms with Gasteiger partial charge in [-0.25, -0.2) is 0 Å². The molecule has 1 saturated carbocycles. The Bertz CT molecular complexity index is 518. The zero-order valence-corrected chi connectivity index (χ0v) is 13.3. The zero-order chi connectivity index (χ0) is 15.9. The second-order valence-corrected chi connectivity index (χ2v) is 5.14. The van der Waals surface area contributed by atoms with Gasteiger partial charge in [0.2, 0.25) is 0 Å². The molecule has 22 heavy (non-hydrogen) atoms. The molecule has 5 heteroatoms. The van der Waals surface area contributed by atoms with E-state index in [0.717, 1.165) is 24.5 Å². The molecular weight excluding hydrogens is 282 g/mol. The highest BCUT2D eigenvalue weighted by Gasteiger charge is 2.49. The lowest BCUT2D eigenvalue weighted by atomic mass is 9.94. The fraction of sp³-hybridized carbons (Fsp3) is 0.471. The van der Waals surface area contributed by atoms with Gasteiger partial charge in [0.05, 0.1) is 14.2 Å². The largest absolute Gasteiger partial charge is 0.493 e. The predicted octanol–water partition coefficient (Wildman–Crippen LogP) is 1.97. The molecule has 2 unspecified atom stereocenters. The van der Waals surface area contributed by atoms with Gasteiger partial charge in [0.15, 0.2) is 17.3 Å². The number of para-hydroxylation sites is 2. The standard InChI is InChI=1S/C9H13NO2.C8H10O2/c1-10-5-4-6-2-3-7(11)9-8(6)12-9;1-9-7-5-3-4-6-8(7)10-2/h4,8-10H,2-3,5H2,1H3;3-6H,1-2H3/b6-4-;. The van der Waals surface area contributed by atoms with Crippen LogP contribution in [-0.2, 0) is 9.53 Å². The number of rotatable bonds is 4. The highest BCUT2D eigenvalue weighted by molar-refractivity contribution is 5.88. The van der Waals surface area contributed by atoms with Crippen LogP contribution in [-0.4, -0.2) is 45.8 Å². The van der Waals surface area contributed by atoms with Crippen LogP contribution in [0.4, 0.5) is 0 Å². The number of methoxy groups -OCH3 is 2. The summed E-state index contributed by atoms with van der Waals surface area (Å²) in [5.41, 5.74) is 1.30. The Morgan fingerprint density at radius 3 is 2.36 bits per heavy atom. The van der Waals surface area contributed by atoms with Gasteiger partial charge in [-0.05, 0) is 31.2 Å². The van der Waals surface area contributed by atoms with E-state index >= 15 is 0 Å². The Hall–Kier alpha value is -1.85. The molecule has 1 heterocycles. The number of carbonyl (C=O) groups excluding carboxylic acids is 1. The monoisotopic (exact) mass is 305 g/mol. The average Bonchev–Trinajstić information content (AvgIpc) is 3.36. The smallest absolute Gasteiger partial charge is 0.164 e. The fourth-order valence-corrected chi connectivity index (χ4v) is 2.43. The summed E-state index contributed by atoms with van der Waals surface area (Å²) in [6, 6.07) is 7.53. The second-order valence-electron chi connectivity index (χ2n) is 5.14. The van der Waals surface area contributed by atoms with Crippen LogP contribution in [0.2, 0.25) is 0 Å². The zero-order valence-electron chi connectivity index (χ0n) is 13.3. The number of hydrogen-bond acceptors (Lipinski definition) is 5. The van der Waals surface area contributed by atoms with E-state index in [1.807, 2.05) is 31.3 Å². The molecule has 0 amide bonds. The molecule has 2 fully saturated rings. The summed E-state index contributed by atoms with van der Waals surface area (Å²) in [5, 5.41) is 3.05. The Balaban J connectivity index is 0.000000164. The highest BCUT2D eigenvalue weighted by Crippen LogP contribution is 2.37. The summed E-state index contributed by atoms with van der Waals surface area (Å²) in [6.45, 7) is 0.871. The molecule has 2 atom stereocenters. The molecule has 120 valence electrons. The van der Waals surface area contributed by atoms with Crippen LogP contribution in [0.15, 0.2) is 35.9 Å². The third kappa shape index (κ3) is 4.08. The van der Waals surface area contributed by atoms with Gasteiger partial charge in [0, 0.05) is 13.0 Å². The van der Waals surface area contributed by atoms with Crippen LogP contribution in [0, 0.1) is 0 Å². The van der Waals surface area contributed by atoms with Crippen molar-refractivity contribution in [2.24, 2.45) is 0 Å². The van der Waals surface area contributed by atoms with Crippen molar-refractivity contribution in [3.8, 4) is 11.5 Å². The van der Waals surface area contributed by atoms with Crippen LogP contribution < -0.4 is 14.8 Å². The van der Waals surface area contributed by atoms with Crippen molar-refractivity contribution in [1.82, 2.24) is 5.32 Å². The van der Waals surface area contributed by atoms with E-state index in [1.54, 1.807) is 14.2 Å². The topological polar surface area (TPSA) is 60.1 Å². The first-order chi connectivity index (χ1) is 10.7. The van der Waals surface area contributed by atoms with E-state index in [4.69, 9.17) is 14.2 Å². The van der Waals surface area contributed by atoms with Crippen molar-refractivity contribution in [3.05, 3.63) is 35.9 Å². The summed E-state index contributed by atoms with van der Waals surface area (Å²) >= 11 is 0. The van der Waals surface area contributed by atoms with E-state index < -0.39 is 0 Å². The van der Waals surface area contributed by atoms with Crippen LogP contribution in [0.5, 0.6) is 11.5 Å². The molecule has 1 aliphatic carbocycles. The van der Waals surface area contributed by atoms with E-state index in [0.29, 0.717) is 6.42 Å². The summed E-state index contributed by atoms with van der Waals surface area (Å²) in [4.78, 5) is 11.1. The molecule has 2 aliphatic rings. The number of fused-ring (bicyclic) bond motifs is 1. The lowest BCUT2D eigenvalue weighted by Crippen LogP contribution is -2.18. The Morgan fingerprint density at radius 1 is 1.18 bits per heavy atom. The Morgan fingerprint density at radius 2 is 1.82 bits per heavy atom. The second kappa shape index (κ2) is 7.96. The maximum absolute atomic E-state index is 11.1. The molecule has 1 aromatic rings. The number of Topliss-reactive ketones (excluding diaryl/α,β-unsaturated/α-hetero) is 1. The van der Waals surface area contributed by atoms with Gasteiger partial charge in [0.1, 0.15) is 12.2 Å². The summed E-state index contributed by atoms with van der Waals surface area (Å²) in [7, 11) is 5.16. The molecule has 0 bridgehead atoms. The van der Waals surface area contributed by atoms with Crippen LogP contribution in [0.1, 0.15) is 12.8 Å². The maximum Gasteiger partial charge on any atom is 0.164 e. The van der Waals surface area contributed by atoms with Crippen molar-refractivity contribution in [3.63, 3.8) is 0 Å². The van der Waals surface area contributed by atoms with Crippen molar-refractivity contribution in [2.45, 2.75) is 25.0 Å². The quantitative estimate of drug-likeness (QED) is 0.681. The molecule has 1 aliphatic heterocycles. The summed E-state index contributed by atoms with van der Waals surface area (Å²) < 4.78 is 15.3. The van der Waals surface area contributed by atoms with Crippen molar-refractivity contribution >= 4 is 5.78 Å². The lowest BCUT2D eigenvalue weighted by Gasteiger charge is -2.07. The van der Waals surface area contributed by atoms with Crippen molar-refractivity contribution in [2.75, 3.05) is 27.8 Å². The molecule has 0 spiro atoms. The minimum absolute atomic E-state index is 0.0816. The molecular formula is C17H23NO4. The molecule has 3 rings (SSSR count). The maximum atomic E-state index is 11.1. The van der Waals surface area contributed by atoms with E-state index in [9.17, 15) is 4.79 Å². The predicted molar refractivity (Wildman–Crippen MR) is 84.5 cm³/mol. The SMILES string of the molecule is CNC/C=C1/CCC(=O)C2OC12.COc1ccccc1OC. The minimum Gasteiger partial charge on any atom is -0.493 e. The van der Waals surface area contributed by atoms with Gasteiger partial charge in [-0.2, -0.15) is 0 Å². The van der Waals surface area contributed by atoms with E-state index in [-0.39, 0.29) is 18.0 Å². The van der Waals surface area contributed by atoms with Crippen molar-refractivity contribution < 1.29 is 19.0 Å². The molecule has 1 aromatic carbocycles. The van der Waals surface area contributed by atoms with Crippen molar-refractivity contribution in [1.29, 1.82) is 0 Å². The van der Waals surface area contributed by atoms with Gasteiger partial charge < -0.3 is 19.5 Å². The van der Waals surface area contributed by atoms with Gasteiger partial charge >= 0.3 is 0 Å². The number of carbonyl (C=O) groups is 1. The third-order valence-electron chi connectivity index (χ3n) is 3.69. The third-order valence-corrected chi connectivity index (χ3v) is 3.69. The number of nitrogens with one attached hydrogen (secondary N) is 1. The number of hydrogen-bond donors (Lipinski definition) is 1. The Labute approximate surface area is 131 Å². The molecule has 1 saturated heterocycles. The lowest BCUT2D eigenvalue weighted by molar-refractivity contribution is -0.120. The van der Waals surface area contributed by atoms with Gasteiger partial charge in [-0.3, -0.25) is 4.79 Å².